The van der Waals surface area contributed by atoms with Crippen molar-refractivity contribution in [1.29, 1.82) is 0 Å². The normalized spacial score (nSPS) is 13.5. The van der Waals surface area contributed by atoms with E-state index < -0.39 is 88.4 Å². The lowest BCUT2D eigenvalue weighted by molar-refractivity contribution is -0.143. The number of aryl methyl sites for hydroxylation is 3. The van der Waals surface area contributed by atoms with Gasteiger partial charge in [0.25, 0.3) is 5.56 Å². The zero-order valence-corrected chi connectivity index (χ0v) is 30.2. The number of benzene rings is 2. The van der Waals surface area contributed by atoms with Gasteiger partial charge >= 0.3 is 18.3 Å². The number of rotatable bonds is 15. The number of esters is 1. The van der Waals surface area contributed by atoms with Crippen molar-refractivity contribution in [3.05, 3.63) is 91.9 Å². The number of ketones is 1. The number of halogens is 8. The topological polar surface area (TPSA) is 68.6 Å². The van der Waals surface area contributed by atoms with Gasteiger partial charge in [-0.1, -0.05) is 32.0 Å². The van der Waals surface area contributed by atoms with Crippen LogP contribution < -0.4 is 5.56 Å². The largest absolute Gasteiger partial charge is 0.466 e. The second-order valence-electron chi connectivity index (χ2n) is 13.7. The third-order valence-corrected chi connectivity index (χ3v) is 8.79. The Hall–Kier alpha value is -4.07. The predicted molar refractivity (Wildman–Crippen MR) is 181 cm³/mol. The first kappa shape index (κ1) is 42.3. The van der Waals surface area contributed by atoms with Gasteiger partial charge in [-0.05, 0) is 94.9 Å². The van der Waals surface area contributed by atoms with Crippen LogP contribution in [0.25, 0.3) is 11.1 Å². The zero-order valence-electron chi connectivity index (χ0n) is 30.2. The van der Waals surface area contributed by atoms with E-state index in [9.17, 15) is 40.7 Å². The molecule has 0 aliphatic rings. The summed E-state index contributed by atoms with van der Waals surface area (Å²) in [6.07, 6.45) is -11.1. The summed E-state index contributed by atoms with van der Waals surface area (Å²) in [6, 6.07) is 3.94. The van der Waals surface area contributed by atoms with Crippen LogP contribution in [-0.2, 0) is 33.1 Å². The summed E-state index contributed by atoms with van der Waals surface area (Å²) in [5.74, 6) is -7.61. The third-order valence-electron chi connectivity index (χ3n) is 8.79. The van der Waals surface area contributed by atoms with Gasteiger partial charge in [0, 0.05) is 35.7 Å². The highest BCUT2D eigenvalue weighted by Crippen LogP contribution is 2.44. The Morgan fingerprint density at radius 1 is 0.904 bits per heavy atom. The van der Waals surface area contributed by atoms with Crippen molar-refractivity contribution in [1.82, 2.24) is 9.47 Å². The van der Waals surface area contributed by atoms with Crippen LogP contribution in [0.15, 0.2) is 41.3 Å². The summed E-state index contributed by atoms with van der Waals surface area (Å²) in [4.78, 5) is 42.1. The quantitative estimate of drug-likeness (QED) is 0.115. The van der Waals surface area contributed by atoms with Crippen molar-refractivity contribution >= 4 is 11.8 Å². The van der Waals surface area contributed by atoms with Crippen molar-refractivity contribution in [2.45, 2.75) is 91.0 Å². The maximum absolute atomic E-state index is 16.6. The summed E-state index contributed by atoms with van der Waals surface area (Å²) >= 11 is 0. The van der Waals surface area contributed by atoms with E-state index in [1.54, 1.807) is 38.9 Å². The number of carbonyl (C=O) groups is 2. The Morgan fingerprint density at radius 3 is 2.02 bits per heavy atom. The molecule has 0 N–H and O–H groups in total. The van der Waals surface area contributed by atoms with Crippen molar-refractivity contribution in [3.63, 3.8) is 0 Å². The van der Waals surface area contributed by atoms with Crippen molar-refractivity contribution < 1.29 is 49.4 Å². The van der Waals surface area contributed by atoms with Crippen LogP contribution in [0.4, 0.5) is 35.1 Å². The molecule has 1 heterocycles. The van der Waals surface area contributed by atoms with E-state index in [1.807, 2.05) is 0 Å². The Morgan fingerprint density at radius 2 is 1.50 bits per heavy atom. The average Bonchev–Trinajstić information content (AvgIpc) is 3.00. The Balaban J connectivity index is 2.29. The van der Waals surface area contributed by atoms with E-state index in [-0.39, 0.29) is 42.9 Å². The lowest BCUT2D eigenvalue weighted by atomic mass is 9.83. The highest BCUT2D eigenvalue weighted by Gasteiger charge is 2.41. The van der Waals surface area contributed by atoms with Gasteiger partial charge in [0.2, 0.25) is 0 Å². The van der Waals surface area contributed by atoms with Crippen LogP contribution in [0.3, 0.4) is 0 Å². The molecule has 2 atom stereocenters. The Labute approximate surface area is 297 Å². The smallest absolute Gasteiger partial charge is 0.419 e. The van der Waals surface area contributed by atoms with Crippen LogP contribution in [0.1, 0.15) is 91.8 Å². The lowest BCUT2D eigenvalue weighted by Crippen LogP contribution is -2.33. The van der Waals surface area contributed by atoms with Crippen LogP contribution >= 0.6 is 0 Å². The maximum atomic E-state index is 16.6. The molecule has 0 aliphatic carbocycles. The summed E-state index contributed by atoms with van der Waals surface area (Å²) in [6.45, 7) is 8.08. The van der Waals surface area contributed by atoms with E-state index in [0.717, 1.165) is 10.8 Å². The van der Waals surface area contributed by atoms with Gasteiger partial charge in [-0.15, -0.1) is 0 Å². The number of aromatic nitrogens is 1. The van der Waals surface area contributed by atoms with Crippen molar-refractivity contribution in [2.24, 2.45) is 5.92 Å². The Bertz CT molecular complexity index is 1790. The third kappa shape index (κ3) is 10.3. The molecule has 3 aromatic rings. The molecular weight excluding hydrogens is 700 g/mol. The minimum atomic E-state index is -5.31. The summed E-state index contributed by atoms with van der Waals surface area (Å²) in [5, 5.41) is 0. The van der Waals surface area contributed by atoms with Gasteiger partial charge in [-0.25, -0.2) is 8.78 Å². The molecule has 3 rings (SSSR count). The van der Waals surface area contributed by atoms with Crippen LogP contribution in [0.5, 0.6) is 0 Å². The van der Waals surface area contributed by atoms with Gasteiger partial charge in [0.05, 0.1) is 30.2 Å². The predicted octanol–water partition coefficient (Wildman–Crippen LogP) is 9.23. The molecule has 0 saturated heterocycles. The fraction of sp³-hybridized carbons (Fsp3) is 0.500. The second-order valence-corrected chi connectivity index (χ2v) is 13.7. The summed E-state index contributed by atoms with van der Waals surface area (Å²) in [5.41, 5.74) is -5.36. The van der Waals surface area contributed by atoms with Crippen molar-refractivity contribution in [2.75, 3.05) is 27.2 Å². The highest BCUT2D eigenvalue weighted by molar-refractivity contribution is 5.85. The number of ether oxygens (including phenoxy) is 1. The van der Waals surface area contributed by atoms with Gasteiger partial charge in [-0.2, -0.15) is 26.3 Å². The van der Waals surface area contributed by atoms with Gasteiger partial charge in [-0.3, -0.25) is 14.4 Å². The van der Waals surface area contributed by atoms with Crippen LogP contribution in [0, 0.1) is 31.4 Å². The lowest BCUT2D eigenvalue weighted by Gasteiger charge is -2.26. The molecule has 0 aliphatic heterocycles. The molecule has 0 bridgehead atoms. The molecule has 1 unspecified atom stereocenters. The molecule has 2 aromatic carbocycles. The van der Waals surface area contributed by atoms with Gasteiger partial charge in [0.1, 0.15) is 11.6 Å². The first-order chi connectivity index (χ1) is 24.1. The second kappa shape index (κ2) is 17.2. The van der Waals surface area contributed by atoms with E-state index in [2.05, 4.69) is 0 Å². The monoisotopic (exact) mass is 744 g/mol. The fourth-order valence-corrected chi connectivity index (χ4v) is 6.45. The first-order valence-electron chi connectivity index (χ1n) is 16.9. The molecule has 1 aromatic heterocycles. The number of nitrogens with zero attached hydrogens (tertiary/aromatic N) is 2. The van der Waals surface area contributed by atoms with Gasteiger partial charge < -0.3 is 14.2 Å². The molecule has 0 amide bonds. The standard InChI is InChI=1S/C38H44F8N2O4/c1-8-52-32(51)17-25(34-35(39)26(18-28(36(34)40)38(44,45)46)33-22(4)11-9-12-23(33)5)16-30(49)29(15-21(2)3)48-20-24(13-10-14-47(6)7)27(19-31(48)50)37(41,42)43/h9,11-12,18-21,25,29H,8,10,13-17H2,1-7H3/t25-,29?/m0/s1. The molecular formula is C38H44F8N2O4. The average molecular weight is 745 g/mol. The number of pyridine rings is 1. The van der Waals surface area contributed by atoms with E-state index >= 15 is 8.78 Å². The van der Waals surface area contributed by atoms with Gasteiger partial charge in [0.15, 0.2) is 5.78 Å². The number of carbonyl (C=O) groups excluding carboxylic acids is 2. The number of hydrogen-bond donors (Lipinski definition) is 0. The van der Waals surface area contributed by atoms with E-state index in [4.69, 9.17) is 4.74 Å². The minimum absolute atomic E-state index is 0.0590. The molecule has 14 heteroatoms. The number of Topliss-reactive ketones (excluding diaryl/α,β-unsaturated/α-hetero) is 1. The number of hydrogen-bond acceptors (Lipinski definition) is 5. The minimum Gasteiger partial charge on any atom is -0.466 e. The first-order valence-corrected chi connectivity index (χ1v) is 16.9. The maximum Gasteiger partial charge on any atom is 0.419 e. The number of alkyl halides is 6. The highest BCUT2D eigenvalue weighted by atomic mass is 19.4. The van der Waals surface area contributed by atoms with Crippen LogP contribution in [0.2, 0.25) is 0 Å². The fourth-order valence-electron chi connectivity index (χ4n) is 6.45. The molecule has 0 fully saturated rings. The SMILES string of the molecule is CCOC(=O)C[C@H](CC(=O)C(CC(C)C)n1cc(CCCN(C)C)c(C(F)(F)F)cc1=O)c1c(F)c(-c2c(C)cccc2C)cc(C(F)(F)F)c1F. The Kier molecular flexibility index (Phi) is 14.0. The van der Waals surface area contributed by atoms with Crippen molar-refractivity contribution in [3.8, 4) is 11.1 Å². The molecule has 6 nitrogen and oxygen atoms in total. The molecule has 0 spiro atoms. The molecule has 0 saturated carbocycles. The summed E-state index contributed by atoms with van der Waals surface area (Å²) < 4.78 is 124. The molecule has 0 radical (unpaired) electrons. The molecule has 286 valence electrons. The van der Waals surface area contributed by atoms with E-state index in [0.29, 0.717) is 29.8 Å². The molecule has 52 heavy (non-hydrogen) atoms. The summed E-state index contributed by atoms with van der Waals surface area (Å²) in [7, 11) is 3.47. The zero-order chi connectivity index (χ0) is 39.3. The van der Waals surface area contributed by atoms with Crippen LogP contribution in [-0.4, -0.2) is 48.5 Å². The van der Waals surface area contributed by atoms with E-state index in [1.165, 1.54) is 32.9 Å².